The third-order valence-corrected chi connectivity index (χ3v) is 5.24. The average molecular weight is 391 g/mol. The maximum absolute atomic E-state index is 13.8. The summed E-state index contributed by atoms with van der Waals surface area (Å²) >= 11 is 0. The third-order valence-electron chi connectivity index (χ3n) is 5.24. The highest BCUT2D eigenvalue weighted by Crippen LogP contribution is 2.18. The molecule has 0 aliphatic rings. The van der Waals surface area contributed by atoms with Crippen LogP contribution in [0.5, 0.6) is 0 Å². The molecule has 0 atom stereocenters. The molecule has 2 aromatic heterocycles. The van der Waals surface area contributed by atoms with Crippen LogP contribution in [-0.4, -0.2) is 16.1 Å². The van der Waals surface area contributed by atoms with Crippen LogP contribution in [0.4, 0.5) is 4.39 Å². The molecular weight excluding hydrogens is 365 g/mol. The monoisotopic (exact) mass is 391 g/mol. The normalized spacial score (nSPS) is 11.7. The van der Waals surface area contributed by atoms with Crippen LogP contribution in [0.1, 0.15) is 25.0 Å². The molecule has 5 heteroatoms. The summed E-state index contributed by atoms with van der Waals surface area (Å²) in [6.07, 6.45) is 2.93. The first kappa shape index (κ1) is 19.4. The second-order valence-corrected chi connectivity index (χ2v) is 7.97. The highest BCUT2D eigenvalue weighted by Gasteiger charge is 2.11. The van der Waals surface area contributed by atoms with E-state index in [0.29, 0.717) is 30.1 Å². The fraction of sp³-hybridized carbons (Fsp3) is 0.292. The second-order valence-electron chi connectivity index (χ2n) is 7.97. The van der Waals surface area contributed by atoms with Crippen molar-refractivity contribution in [1.29, 1.82) is 0 Å². The van der Waals surface area contributed by atoms with Crippen LogP contribution in [0.25, 0.3) is 21.8 Å². The summed E-state index contributed by atoms with van der Waals surface area (Å²) in [7, 11) is 0. The van der Waals surface area contributed by atoms with Gasteiger partial charge in [-0.15, -0.1) is 0 Å². The predicted octanol–water partition coefficient (Wildman–Crippen LogP) is 4.61. The molecule has 0 aliphatic carbocycles. The summed E-state index contributed by atoms with van der Waals surface area (Å²) in [5.74, 6) is -0.0248. The Balaban J connectivity index is 1.52. The maximum atomic E-state index is 13.8. The van der Waals surface area contributed by atoms with E-state index in [2.05, 4.69) is 36.3 Å². The fourth-order valence-corrected chi connectivity index (χ4v) is 3.86. The molecule has 0 spiro atoms. The number of fused-ring (bicyclic) bond motifs is 2. The molecule has 0 fully saturated rings. The van der Waals surface area contributed by atoms with Crippen molar-refractivity contribution in [2.75, 3.05) is 6.54 Å². The molecule has 4 aromatic rings. The number of aromatic nitrogens is 2. The minimum atomic E-state index is -0.320. The van der Waals surface area contributed by atoms with Crippen molar-refractivity contribution < 1.29 is 4.39 Å². The summed E-state index contributed by atoms with van der Waals surface area (Å²) in [5.41, 5.74) is 3.73. The summed E-state index contributed by atoms with van der Waals surface area (Å²) in [5, 5.41) is 5.53. The lowest BCUT2D eigenvalue weighted by Gasteiger charge is -2.15. The Kier molecular flexibility index (Phi) is 5.49. The van der Waals surface area contributed by atoms with Gasteiger partial charge in [0.1, 0.15) is 5.82 Å². The van der Waals surface area contributed by atoms with Crippen LogP contribution in [0.2, 0.25) is 0 Å². The molecule has 0 radical (unpaired) electrons. The summed E-state index contributed by atoms with van der Waals surface area (Å²) in [6.45, 7) is 5.95. The van der Waals surface area contributed by atoms with E-state index in [0.717, 1.165) is 23.9 Å². The van der Waals surface area contributed by atoms with E-state index in [1.54, 1.807) is 10.6 Å². The zero-order valence-electron chi connectivity index (χ0n) is 16.8. The Bertz CT molecular complexity index is 1210. The molecule has 2 heterocycles. The quantitative estimate of drug-likeness (QED) is 0.452. The van der Waals surface area contributed by atoms with Crippen LogP contribution < -0.4 is 10.9 Å². The second kappa shape index (κ2) is 8.21. The fourth-order valence-electron chi connectivity index (χ4n) is 3.86. The first-order chi connectivity index (χ1) is 14.0. The van der Waals surface area contributed by atoms with Gasteiger partial charge in [0.2, 0.25) is 0 Å². The molecule has 4 rings (SSSR count). The Morgan fingerprint density at radius 3 is 2.76 bits per heavy atom. The number of halogens is 1. The van der Waals surface area contributed by atoms with Crippen LogP contribution in [0.15, 0.2) is 59.5 Å². The van der Waals surface area contributed by atoms with Gasteiger partial charge in [-0.3, -0.25) is 4.79 Å². The lowest BCUT2D eigenvalue weighted by atomic mass is 10.1. The van der Waals surface area contributed by atoms with Gasteiger partial charge < -0.3 is 14.9 Å². The molecule has 0 amide bonds. The van der Waals surface area contributed by atoms with Gasteiger partial charge in [0, 0.05) is 35.8 Å². The van der Waals surface area contributed by atoms with E-state index in [-0.39, 0.29) is 11.4 Å². The van der Waals surface area contributed by atoms with Crippen molar-refractivity contribution in [3.05, 3.63) is 82.0 Å². The number of para-hydroxylation sites is 1. The zero-order valence-corrected chi connectivity index (χ0v) is 16.8. The molecule has 2 N–H and O–H groups in total. The predicted molar refractivity (Wildman–Crippen MR) is 117 cm³/mol. The van der Waals surface area contributed by atoms with E-state index in [4.69, 9.17) is 0 Å². The Morgan fingerprint density at radius 1 is 1.10 bits per heavy atom. The van der Waals surface area contributed by atoms with Crippen molar-refractivity contribution >= 4 is 21.8 Å². The minimum Gasteiger partial charge on any atom is -0.361 e. The largest absolute Gasteiger partial charge is 0.361 e. The first-order valence-electron chi connectivity index (χ1n) is 10.1. The number of nitrogens with zero attached hydrogens (tertiary/aromatic N) is 1. The minimum absolute atomic E-state index is 0.0450. The van der Waals surface area contributed by atoms with Gasteiger partial charge in [0.15, 0.2) is 0 Å². The molecule has 0 bridgehead atoms. The standard InChI is InChI=1S/C24H26FN3O/c1-16(2)15-28-23-12-20(25)8-7-17(23)11-19(24(28)29)13-26-10-9-18-14-27-22-6-4-3-5-21(18)22/h3-8,11-12,14,16,26-27H,9-10,13,15H2,1-2H3. The number of rotatable bonds is 7. The molecule has 0 saturated carbocycles. The SMILES string of the molecule is CC(C)Cn1c(=O)c(CNCCc2c[nH]c3ccccc23)cc2ccc(F)cc21. The van der Waals surface area contributed by atoms with E-state index in [1.807, 2.05) is 24.4 Å². The van der Waals surface area contributed by atoms with E-state index in [9.17, 15) is 9.18 Å². The van der Waals surface area contributed by atoms with Gasteiger partial charge in [-0.25, -0.2) is 4.39 Å². The molecule has 2 aromatic carbocycles. The Labute approximate surface area is 169 Å². The van der Waals surface area contributed by atoms with Gasteiger partial charge in [-0.2, -0.15) is 0 Å². The van der Waals surface area contributed by atoms with Crippen LogP contribution >= 0.6 is 0 Å². The van der Waals surface area contributed by atoms with Crippen LogP contribution in [0, 0.1) is 11.7 Å². The maximum Gasteiger partial charge on any atom is 0.255 e. The summed E-state index contributed by atoms with van der Waals surface area (Å²) < 4.78 is 15.5. The third kappa shape index (κ3) is 4.10. The summed E-state index contributed by atoms with van der Waals surface area (Å²) in [6, 6.07) is 14.8. The lowest BCUT2D eigenvalue weighted by molar-refractivity contribution is 0.518. The number of nitrogens with one attached hydrogen (secondary N) is 2. The van der Waals surface area contributed by atoms with Crippen molar-refractivity contribution in [3.8, 4) is 0 Å². The number of pyridine rings is 1. The number of hydrogen-bond acceptors (Lipinski definition) is 2. The number of aromatic amines is 1. The van der Waals surface area contributed by atoms with Crippen molar-refractivity contribution in [2.24, 2.45) is 5.92 Å². The van der Waals surface area contributed by atoms with Gasteiger partial charge in [-0.1, -0.05) is 32.0 Å². The first-order valence-corrected chi connectivity index (χ1v) is 10.1. The van der Waals surface area contributed by atoms with Gasteiger partial charge >= 0.3 is 0 Å². The van der Waals surface area contributed by atoms with Gasteiger partial charge in [-0.05, 0) is 60.2 Å². The number of H-pyrrole nitrogens is 1. The lowest BCUT2D eigenvalue weighted by Crippen LogP contribution is -2.29. The molecule has 29 heavy (non-hydrogen) atoms. The molecule has 4 nitrogen and oxygen atoms in total. The summed E-state index contributed by atoms with van der Waals surface area (Å²) in [4.78, 5) is 16.3. The van der Waals surface area contributed by atoms with E-state index in [1.165, 1.54) is 23.1 Å². The van der Waals surface area contributed by atoms with Crippen molar-refractivity contribution in [1.82, 2.24) is 14.9 Å². The zero-order chi connectivity index (χ0) is 20.4. The molecule has 0 aliphatic heterocycles. The van der Waals surface area contributed by atoms with Gasteiger partial charge in [0.05, 0.1) is 5.52 Å². The smallest absolute Gasteiger partial charge is 0.255 e. The number of hydrogen-bond donors (Lipinski definition) is 2. The Hall–Kier alpha value is -2.92. The average Bonchev–Trinajstić information content (AvgIpc) is 3.11. The highest BCUT2D eigenvalue weighted by atomic mass is 19.1. The van der Waals surface area contributed by atoms with Gasteiger partial charge in [0.25, 0.3) is 5.56 Å². The van der Waals surface area contributed by atoms with Crippen molar-refractivity contribution in [3.63, 3.8) is 0 Å². The van der Waals surface area contributed by atoms with E-state index < -0.39 is 0 Å². The Morgan fingerprint density at radius 2 is 1.93 bits per heavy atom. The number of benzene rings is 2. The van der Waals surface area contributed by atoms with Crippen LogP contribution in [-0.2, 0) is 19.5 Å². The molecule has 0 unspecified atom stereocenters. The topological polar surface area (TPSA) is 49.8 Å². The van der Waals surface area contributed by atoms with Crippen molar-refractivity contribution in [2.45, 2.75) is 33.4 Å². The van der Waals surface area contributed by atoms with Crippen LogP contribution in [0.3, 0.4) is 0 Å². The molecule has 0 saturated heterocycles. The van der Waals surface area contributed by atoms with E-state index >= 15 is 0 Å². The molecule has 150 valence electrons. The highest BCUT2D eigenvalue weighted by molar-refractivity contribution is 5.83. The molecular formula is C24H26FN3O.